The summed E-state index contributed by atoms with van der Waals surface area (Å²) in [6.45, 7) is 8.95. The Hall–Kier alpha value is -1.22. The number of carboxylic acids is 2. The zero-order valence-corrected chi connectivity index (χ0v) is 13.7. The van der Waals surface area contributed by atoms with E-state index in [9.17, 15) is 9.59 Å². The van der Waals surface area contributed by atoms with Crippen LogP contribution in [-0.4, -0.2) is 51.3 Å². The monoisotopic (exact) mass is 338 g/mol. The van der Waals surface area contributed by atoms with Crippen molar-refractivity contribution >= 4 is 33.5 Å². The molecule has 0 aromatic rings. The molecule has 1 rings (SSSR count). The number of rotatable bonds is 3. The molecular formula is C13H22O6S2. The maximum absolute atomic E-state index is 9.60. The Kier molecular flexibility index (Phi) is 22.2. The SMILES string of the molecule is C1=CSSC1.C=C(C)C(=O)O.C=C(C)C(=O)O.OCCO. The summed E-state index contributed by atoms with van der Waals surface area (Å²) >= 11 is 0. The number of aliphatic carboxylic acids is 2. The number of hydrogen-bond donors (Lipinski definition) is 4. The van der Waals surface area contributed by atoms with Crippen molar-refractivity contribution in [3.8, 4) is 0 Å². The molecule has 21 heavy (non-hydrogen) atoms. The topological polar surface area (TPSA) is 115 Å². The van der Waals surface area contributed by atoms with Crippen LogP contribution in [0.4, 0.5) is 0 Å². The zero-order chi connectivity index (χ0) is 17.3. The summed E-state index contributed by atoms with van der Waals surface area (Å²) in [5.41, 5.74) is 0.352. The molecule has 0 saturated carbocycles. The van der Waals surface area contributed by atoms with Gasteiger partial charge in [-0.05, 0) is 19.3 Å². The van der Waals surface area contributed by atoms with Gasteiger partial charge in [-0.3, -0.25) is 0 Å². The van der Waals surface area contributed by atoms with E-state index < -0.39 is 11.9 Å². The summed E-state index contributed by atoms with van der Waals surface area (Å²) in [5.74, 6) is -0.671. The molecule has 0 fully saturated rings. The summed E-state index contributed by atoms with van der Waals surface area (Å²) in [4.78, 5) is 19.2. The highest BCUT2D eigenvalue weighted by Gasteiger charge is 1.90. The first-order valence-corrected chi connectivity index (χ1v) is 8.01. The van der Waals surface area contributed by atoms with Gasteiger partial charge in [-0.2, -0.15) is 0 Å². The van der Waals surface area contributed by atoms with Crippen LogP contribution in [0.25, 0.3) is 0 Å². The van der Waals surface area contributed by atoms with E-state index in [0.717, 1.165) is 0 Å². The van der Waals surface area contributed by atoms with Crippen LogP contribution in [0.5, 0.6) is 0 Å². The third kappa shape index (κ3) is 32.4. The zero-order valence-electron chi connectivity index (χ0n) is 12.1. The maximum Gasteiger partial charge on any atom is 0.330 e. The number of aliphatic hydroxyl groups is 2. The van der Waals surface area contributed by atoms with E-state index in [4.69, 9.17) is 20.4 Å². The minimum Gasteiger partial charge on any atom is -0.478 e. The summed E-state index contributed by atoms with van der Waals surface area (Å²) in [5, 5.41) is 33.1. The lowest BCUT2D eigenvalue weighted by Gasteiger charge is -1.79. The van der Waals surface area contributed by atoms with E-state index >= 15 is 0 Å². The van der Waals surface area contributed by atoms with Gasteiger partial charge in [0.2, 0.25) is 0 Å². The lowest BCUT2D eigenvalue weighted by molar-refractivity contribution is -0.133. The van der Waals surface area contributed by atoms with Gasteiger partial charge < -0.3 is 20.4 Å². The third-order valence-electron chi connectivity index (χ3n) is 1.21. The number of carboxylic acid groups (broad SMARTS) is 2. The van der Waals surface area contributed by atoms with Crippen molar-refractivity contribution in [2.24, 2.45) is 0 Å². The highest BCUT2D eigenvalue weighted by molar-refractivity contribution is 8.78. The molecule has 0 saturated heterocycles. The molecule has 8 heteroatoms. The second kappa shape index (κ2) is 18.8. The molecular weight excluding hydrogens is 316 g/mol. The minimum absolute atomic E-state index is 0.125. The lowest BCUT2D eigenvalue weighted by atomic mass is 10.4. The molecule has 0 aromatic carbocycles. The number of carbonyl (C=O) groups is 2. The van der Waals surface area contributed by atoms with Gasteiger partial charge in [0.05, 0.1) is 13.2 Å². The summed E-state index contributed by atoms with van der Waals surface area (Å²) in [6.07, 6.45) is 2.16. The molecule has 0 spiro atoms. The van der Waals surface area contributed by atoms with Crippen molar-refractivity contribution in [1.82, 2.24) is 0 Å². The Morgan fingerprint density at radius 1 is 1.05 bits per heavy atom. The fraction of sp³-hybridized carbons (Fsp3) is 0.385. The smallest absolute Gasteiger partial charge is 0.330 e. The Morgan fingerprint density at radius 3 is 1.43 bits per heavy atom. The highest BCUT2D eigenvalue weighted by atomic mass is 33.1. The summed E-state index contributed by atoms with van der Waals surface area (Å²) < 4.78 is 0. The van der Waals surface area contributed by atoms with Crippen LogP contribution in [-0.2, 0) is 9.59 Å². The van der Waals surface area contributed by atoms with Crippen molar-refractivity contribution in [2.75, 3.05) is 19.0 Å². The van der Waals surface area contributed by atoms with E-state index in [1.807, 2.05) is 21.6 Å². The van der Waals surface area contributed by atoms with Crippen LogP contribution in [0.15, 0.2) is 35.8 Å². The van der Waals surface area contributed by atoms with E-state index in [2.05, 4.69) is 24.6 Å². The summed E-state index contributed by atoms with van der Waals surface area (Å²) in [6, 6.07) is 0. The molecule has 1 heterocycles. The van der Waals surface area contributed by atoms with Crippen LogP contribution < -0.4 is 0 Å². The van der Waals surface area contributed by atoms with E-state index in [0.29, 0.717) is 0 Å². The number of hydrogen-bond acceptors (Lipinski definition) is 6. The van der Waals surface area contributed by atoms with Crippen LogP contribution in [0.1, 0.15) is 13.8 Å². The van der Waals surface area contributed by atoms with E-state index in [1.165, 1.54) is 19.6 Å². The minimum atomic E-state index is -0.935. The molecule has 1 aliphatic rings. The quantitative estimate of drug-likeness (QED) is 0.457. The van der Waals surface area contributed by atoms with Crippen molar-refractivity contribution in [1.29, 1.82) is 0 Å². The molecule has 122 valence electrons. The fourth-order valence-electron chi connectivity index (χ4n) is 0.196. The predicted molar refractivity (Wildman–Crippen MR) is 88.3 cm³/mol. The van der Waals surface area contributed by atoms with E-state index in [-0.39, 0.29) is 24.4 Å². The van der Waals surface area contributed by atoms with Gasteiger partial charge in [0.15, 0.2) is 0 Å². The third-order valence-corrected chi connectivity index (χ3v) is 3.13. The first kappa shape index (κ1) is 24.8. The second-order valence-corrected chi connectivity index (χ2v) is 5.69. The van der Waals surface area contributed by atoms with Crippen molar-refractivity contribution < 1.29 is 30.0 Å². The van der Waals surface area contributed by atoms with Gasteiger partial charge in [0.1, 0.15) is 0 Å². The van der Waals surface area contributed by atoms with Crippen LogP contribution in [0, 0.1) is 0 Å². The highest BCUT2D eigenvalue weighted by Crippen LogP contribution is 2.27. The average molecular weight is 338 g/mol. The van der Waals surface area contributed by atoms with Gasteiger partial charge in [-0.1, -0.05) is 40.8 Å². The molecule has 0 unspecified atom stereocenters. The first-order valence-electron chi connectivity index (χ1n) is 5.63. The van der Waals surface area contributed by atoms with Gasteiger partial charge in [0.25, 0.3) is 0 Å². The Balaban J connectivity index is -0.000000208. The van der Waals surface area contributed by atoms with Gasteiger partial charge >= 0.3 is 11.9 Å². The lowest BCUT2D eigenvalue weighted by Crippen LogP contribution is -1.92. The van der Waals surface area contributed by atoms with Gasteiger partial charge in [-0.25, -0.2) is 9.59 Å². The fourth-order valence-corrected chi connectivity index (χ4v) is 1.77. The predicted octanol–water partition coefficient (Wildman–Crippen LogP) is 2.16. The largest absolute Gasteiger partial charge is 0.478 e. The normalized spacial score (nSPS) is 10.7. The van der Waals surface area contributed by atoms with Crippen LogP contribution >= 0.6 is 21.6 Å². The average Bonchev–Trinajstić information content (AvgIpc) is 2.98. The molecule has 0 aliphatic carbocycles. The second-order valence-electron chi connectivity index (χ2n) is 3.37. The Morgan fingerprint density at radius 2 is 1.38 bits per heavy atom. The van der Waals surface area contributed by atoms with E-state index in [1.54, 1.807) is 0 Å². The molecule has 4 N–H and O–H groups in total. The Labute approximate surface area is 132 Å². The number of aliphatic hydroxyl groups excluding tert-OH is 2. The van der Waals surface area contributed by atoms with Crippen LogP contribution in [0.2, 0.25) is 0 Å². The maximum atomic E-state index is 9.60. The molecule has 0 aromatic heterocycles. The van der Waals surface area contributed by atoms with Gasteiger partial charge in [0, 0.05) is 16.9 Å². The summed E-state index contributed by atoms with van der Waals surface area (Å²) in [7, 11) is 3.69. The molecule has 6 nitrogen and oxygen atoms in total. The van der Waals surface area contributed by atoms with Crippen molar-refractivity contribution in [2.45, 2.75) is 13.8 Å². The van der Waals surface area contributed by atoms with Crippen molar-refractivity contribution in [3.63, 3.8) is 0 Å². The Bertz CT molecular complexity index is 297. The standard InChI is InChI=1S/2C4H6O2.C3H4S2.C2H6O2/c2*1-3(2)4(5)6;1-2-4-5-3-1;3-1-2-4/h2*1H2,2H3,(H,5,6);1-2H,3H2;3-4H,1-2H2. The van der Waals surface area contributed by atoms with Crippen LogP contribution in [0.3, 0.4) is 0 Å². The van der Waals surface area contributed by atoms with Crippen molar-refractivity contribution in [3.05, 3.63) is 35.8 Å². The molecule has 0 amide bonds. The van der Waals surface area contributed by atoms with Gasteiger partial charge in [-0.15, -0.1) is 0 Å². The first-order chi connectivity index (χ1) is 9.70. The molecule has 0 radical (unpaired) electrons. The molecule has 0 atom stereocenters. The molecule has 0 bridgehead atoms. The molecule has 1 aliphatic heterocycles.